The van der Waals surface area contributed by atoms with Gasteiger partial charge in [0.2, 0.25) is 10.0 Å². The van der Waals surface area contributed by atoms with Gasteiger partial charge in [-0.15, -0.1) is 0 Å². The summed E-state index contributed by atoms with van der Waals surface area (Å²) in [6, 6.07) is 6.12. The Hall–Kier alpha value is -1.93. The minimum absolute atomic E-state index is 0.0639. The maximum Gasteiger partial charge on any atom is 0.240 e. The van der Waals surface area contributed by atoms with E-state index in [1.54, 1.807) is 12.1 Å². The summed E-state index contributed by atoms with van der Waals surface area (Å²) in [6.07, 6.45) is 1.32. The van der Waals surface area contributed by atoms with Crippen molar-refractivity contribution >= 4 is 10.0 Å². The molecule has 0 unspecified atom stereocenters. The van der Waals surface area contributed by atoms with E-state index in [2.05, 4.69) is 19.9 Å². The summed E-state index contributed by atoms with van der Waals surface area (Å²) in [5.74, 6) is 1.05. The maximum absolute atomic E-state index is 11.9. The highest BCUT2D eigenvalue weighted by atomic mass is 32.2. The van der Waals surface area contributed by atoms with Crippen molar-refractivity contribution in [3.8, 4) is 5.75 Å². The molecule has 1 heterocycles. The molecule has 0 spiro atoms. The number of hydrogen-bond acceptors (Lipinski definition) is 5. The van der Waals surface area contributed by atoms with Crippen molar-refractivity contribution in [2.45, 2.75) is 11.4 Å². The highest BCUT2D eigenvalue weighted by Gasteiger charge is 2.14. The van der Waals surface area contributed by atoms with E-state index >= 15 is 0 Å². The second kappa shape index (κ2) is 5.15. The predicted molar refractivity (Wildman–Crippen MR) is 63.4 cm³/mol. The zero-order valence-corrected chi connectivity index (χ0v) is 10.4. The number of aromatic nitrogens is 3. The number of ether oxygens (including phenoxy) is 1. The topological polar surface area (TPSA) is 97.0 Å². The molecule has 8 heteroatoms. The van der Waals surface area contributed by atoms with Crippen LogP contribution >= 0.6 is 0 Å². The van der Waals surface area contributed by atoms with Crippen molar-refractivity contribution in [3.63, 3.8) is 0 Å². The Morgan fingerprint density at radius 2 is 2.06 bits per heavy atom. The van der Waals surface area contributed by atoms with Crippen LogP contribution in [-0.2, 0) is 16.6 Å². The second-order valence-corrected chi connectivity index (χ2v) is 5.20. The van der Waals surface area contributed by atoms with E-state index in [-0.39, 0.29) is 11.4 Å². The number of rotatable bonds is 5. The van der Waals surface area contributed by atoms with Gasteiger partial charge in [0, 0.05) is 0 Å². The van der Waals surface area contributed by atoms with Gasteiger partial charge in [0.05, 0.1) is 18.6 Å². The van der Waals surface area contributed by atoms with Crippen molar-refractivity contribution in [1.82, 2.24) is 19.9 Å². The maximum atomic E-state index is 11.9. The van der Waals surface area contributed by atoms with Gasteiger partial charge in [0.1, 0.15) is 17.9 Å². The average Bonchev–Trinajstić information content (AvgIpc) is 2.90. The van der Waals surface area contributed by atoms with E-state index in [9.17, 15) is 8.42 Å². The molecule has 0 aliphatic carbocycles. The largest absolute Gasteiger partial charge is 0.497 e. The number of sulfonamides is 1. The minimum atomic E-state index is -3.55. The molecule has 0 fully saturated rings. The summed E-state index contributed by atoms with van der Waals surface area (Å²) in [5, 5.41) is 6.20. The standard InChI is InChI=1S/C10H12N4O3S/c1-17-8-2-4-9(5-3-8)18(15,16)13-6-10-11-7-12-14-10/h2-5,7,13H,6H2,1H3,(H,11,12,14). The smallest absolute Gasteiger partial charge is 0.240 e. The number of benzene rings is 1. The molecule has 0 atom stereocenters. The van der Waals surface area contributed by atoms with Gasteiger partial charge in [0.15, 0.2) is 0 Å². The number of methoxy groups -OCH3 is 1. The van der Waals surface area contributed by atoms with Gasteiger partial charge in [-0.25, -0.2) is 18.1 Å². The van der Waals surface area contributed by atoms with Crippen LogP contribution in [0.3, 0.4) is 0 Å². The SMILES string of the molecule is COc1ccc(S(=O)(=O)NCc2ncn[nH]2)cc1. The lowest BCUT2D eigenvalue weighted by Crippen LogP contribution is -2.23. The summed E-state index contributed by atoms with van der Waals surface area (Å²) in [7, 11) is -2.04. The van der Waals surface area contributed by atoms with E-state index in [4.69, 9.17) is 4.74 Å². The number of aromatic amines is 1. The summed E-state index contributed by atoms with van der Waals surface area (Å²) >= 11 is 0. The lowest BCUT2D eigenvalue weighted by Gasteiger charge is -2.06. The molecule has 0 radical (unpaired) electrons. The molecule has 0 bridgehead atoms. The zero-order valence-electron chi connectivity index (χ0n) is 9.62. The first-order valence-corrected chi connectivity index (χ1v) is 6.58. The van der Waals surface area contributed by atoms with Gasteiger partial charge in [0.25, 0.3) is 0 Å². The first kappa shape index (κ1) is 12.5. The summed E-state index contributed by atoms with van der Waals surface area (Å²) in [5.41, 5.74) is 0. The molecule has 7 nitrogen and oxygen atoms in total. The minimum Gasteiger partial charge on any atom is -0.497 e. The molecule has 0 saturated heterocycles. The molecule has 2 aromatic rings. The van der Waals surface area contributed by atoms with Crippen LogP contribution in [0.1, 0.15) is 5.82 Å². The number of nitrogens with zero attached hydrogens (tertiary/aromatic N) is 2. The van der Waals surface area contributed by atoms with E-state index in [0.717, 1.165) is 0 Å². The molecule has 1 aromatic heterocycles. The van der Waals surface area contributed by atoms with Gasteiger partial charge in [-0.2, -0.15) is 5.10 Å². The molecule has 2 rings (SSSR count). The fourth-order valence-corrected chi connectivity index (χ4v) is 2.31. The monoisotopic (exact) mass is 268 g/mol. The first-order chi connectivity index (χ1) is 8.62. The Bertz CT molecular complexity index is 593. The van der Waals surface area contributed by atoms with Crippen molar-refractivity contribution in [2.24, 2.45) is 0 Å². The van der Waals surface area contributed by atoms with E-state index < -0.39 is 10.0 Å². The van der Waals surface area contributed by atoms with Gasteiger partial charge in [-0.05, 0) is 24.3 Å². The quantitative estimate of drug-likeness (QED) is 0.812. The van der Waals surface area contributed by atoms with Gasteiger partial charge < -0.3 is 4.74 Å². The van der Waals surface area contributed by atoms with Gasteiger partial charge in [-0.1, -0.05) is 0 Å². The second-order valence-electron chi connectivity index (χ2n) is 3.43. The van der Waals surface area contributed by atoms with Crippen LogP contribution in [-0.4, -0.2) is 30.7 Å². The van der Waals surface area contributed by atoms with Crippen molar-refractivity contribution in [3.05, 3.63) is 36.4 Å². The van der Waals surface area contributed by atoms with E-state index in [1.165, 1.54) is 25.6 Å². The van der Waals surface area contributed by atoms with Crippen LogP contribution in [0, 0.1) is 0 Å². The fraction of sp³-hybridized carbons (Fsp3) is 0.200. The average molecular weight is 268 g/mol. The molecule has 18 heavy (non-hydrogen) atoms. The van der Waals surface area contributed by atoms with Crippen molar-refractivity contribution < 1.29 is 13.2 Å². The number of hydrogen-bond donors (Lipinski definition) is 2. The summed E-state index contributed by atoms with van der Waals surface area (Å²) in [4.78, 5) is 4.00. The van der Waals surface area contributed by atoms with Crippen LogP contribution in [0.4, 0.5) is 0 Å². The zero-order chi connectivity index (χ0) is 13.0. The Kier molecular flexibility index (Phi) is 3.58. The molecule has 2 N–H and O–H groups in total. The summed E-state index contributed by atoms with van der Waals surface area (Å²) in [6.45, 7) is 0.0639. The third kappa shape index (κ3) is 2.84. The fourth-order valence-electron chi connectivity index (χ4n) is 1.32. The molecular formula is C10H12N4O3S. The van der Waals surface area contributed by atoms with Crippen molar-refractivity contribution in [1.29, 1.82) is 0 Å². The van der Waals surface area contributed by atoms with Crippen LogP contribution in [0.25, 0.3) is 0 Å². The Labute approximate surface area is 104 Å². The predicted octanol–water partition coefficient (Wildman–Crippen LogP) is 0.292. The third-order valence-electron chi connectivity index (χ3n) is 2.26. The number of nitrogens with one attached hydrogen (secondary N) is 2. The Morgan fingerprint density at radius 3 is 2.61 bits per heavy atom. The number of H-pyrrole nitrogens is 1. The molecular weight excluding hydrogens is 256 g/mol. The van der Waals surface area contributed by atoms with Crippen LogP contribution < -0.4 is 9.46 Å². The lowest BCUT2D eigenvalue weighted by atomic mass is 10.3. The molecule has 0 saturated carbocycles. The van der Waals surface area contributed by atoms with E-state index in [1.807, 2.05) is 0 Å². The normalized spacial score (nSPS) is 11.4. The van der Waals surface area contributed by atoms with Crippen molar-refractivity contribution in [2.75, 3.05) is 7.11 Å². The molecule has 0 amide bonds. The third-order valence-corrected chi connectivity index (χ3v) is 3.68. The summed E-state index contributed by atoms with van der Waals surface area (Å²) < 4.78 is 31.2. The molecule has 0 aliphatic heterocycles. The van der Waals surface area contributed by atoms with Gasteiger partial charge >= 0.3 is 0 Å². The Balaban J connectivity index is 2.09. The van der Waals surface area contributed by atoms with Crippen LogP contribution in [0.15, 0.2) is 35.5 Å². The molecule has 96 valence electrons. The van der Waals surface area contributed by atoms with E-state index in [0.29, 0.717) is 11.6 Å². The van der Waals surface area contributed by atoms with Crippen LogP contribution in [0.2, 0.25) is 0 Å². The highest BCUT2D eigenvalue weighted by molar-refractivity contribution is 7.89. The molecule has 0 aliphatic rings. The van der Waals surface area contributed by atoms with Crippen LogP contribution in [0.5, 0.6) is 5.75 Å². The lowest BCUT2D eigenvalue weighted by molar-refractivity contribution is 0.414. The highest BCUT2D eigenvalue weighted by Crippen LogP contribution is 2.15. The van der Waals surface area contributed by atoms with Gasteiger partial charge in [-0.3, -0.25) is 5.10 Å². The molecule has 1 aromatic carbocycles. The first-order valence-electron chi connectivity index (χ1n) is 5.10. The Morgan fingerprint density at radius 1 is 1.33 bits per heavy atom.